The van der Waals surface area contributed by atoms with E-state index in [4.69, 9.17) is 9.73 Å². The van der Waals surface area contributed by atoms with Crippen molar-refractivity contribution in [3.63, 3.8) is 0 Å². The molecule has 1 fully saturated rings. The van der Waals surface area contributed by atoms with Crippen LogP contribution in [0.4, 0.5) is 0 Å². The number of nitrogens with zero attached hydrogens (tertiary/aromatic N) is 5. The molecule has 0 bridgehead atoms. The third kappa shape index (κ3) is 8.17. The van der Waals surface area contributed by atoms with E-state index in [1.165, 1.54) is 12.8 Å². The van der Waals surface area contributed by atoms with E-state index in [1.54, 1.807) is 13.4 Å². The lowest BCUT2D eigenvalue weighted by Gasteiger charge is -2.20. The first-order valence-electron chi connectivity index (χ1n) is 9.40. The van der Waals surface area contributed by atoms with Crippen LogP contribution in [0.5, 0.6) is 0 Å². The molecule has 1 aliphatic carbocycles. The van der Waals surface area contributed by atoms with Gasteiger partial charge in [0, 0.05) is 52.3 Å². The summed E-state index contributed by atoms with van der Waals surface area (Å²) >= 11 is 0. The molecule has 26 heavy (non-hydrogen) atoms. The second-order valence-electron chi connectivity index (χ2n) is 6.24. The summed E-state index contributed by atoms with van der Waals surface area (Å²) in [5.41, 5.74) is 0. The van der Waals surface area contributed by atoms with Crippen molar-refractivity contribution in [1.82, 2.24) is 30.3 Å². The Hall–Kier alpha value is -0.940. The fraction of sp³-hybridized carbons (Fsp3) is 0.824. The molecule has 8 nitrogen and oxygen atoms in total. The van der Waals surface area contributed by atoms with E-state index in [-0.39, 0.29) is 24.0 Å². The summed E-state index contributed by atoms with van der Waals surface area (Å²) in [6.45, 7) is 10.2. The summed E-state index contributed by atoms with van der Waals surface area (Å²) < 4.78 is 7.29. The summed E-state index contributed by atoms with van der Waals surface area (Å²) in [5, 5.41) is 14.8. The fourth-order valence-electron chi connectivity index (χ4n) is 2.79. The molecule has 0 aliphatic heterocycles. The van der Waals surface area contributed by atoms with Gasteiger partial charge in [-0.15, -0.1) is 34.2 Å². The zero-order valence-electron chi connectivity index (χ0n) is 16.3. The average Bonchev–Trinajstić information content (AvgIpc) is 3.36. The van der Waals surface area contributed by atoms with E-state index in [1.807, 2.05) is 0 Å². The third-order valence-electron chi connectivity index (χ3n) is 4.30. The first-order chi connectivity index (χ1) is 12.3. The van der Waals surface area contributed by atoms with Crippen molar-refractivity contribution in [2.24, 2.45) is 4.99 Å². The lowest BCUT2D eigenvalue weighted by atomic mass is 10.4. The van der Waals surface area contributed by atoms with Crippen LogP contribution in [0.1, 0.15) is 32.5 Å². The van der Waals surface area contributed by atoms with Crippen molar-refractivity contribution in [2.45, 2.75) is 45.7 Å². The predicted octanol–water partition coefficient (Wildman–Crippen LogP) is 1.12. The molecular weight excluding hydrogens is 445 g/mol. The largest absolute Gasteiger partial charge is 0.383 e. The molecular formula is C17H34IN7O. The van der Waals surface area contributed by atoms with Crippen molar-refractivity contribution < 1.29 is 4.74 Å². The number of nitrogens with one attached hydrogen (secondary N) is 2. The molecule has 2 N–H and O–H groups in total. The third-order valence-corrected chi connectivity index (χ3v) is 4.30. The van der Waals surface area contributed by atoms with Crippen LogP contribution in [0.3, 0.4) is 0 Å². The number of methoxy groups -OCH3 is 1. The number of guanidine groups is 1. The normalized spacial score (nSPS) is 14.4. The van der Waals surface area contributed by atoms with E-state index in [0.717, 1.165) is 70.1 Å². The van der Waals surface area contributed by atoms with Crippen LogP contribution in [0, 0.1) is 0 Å². The lowest BCUT2D eigenvalue weighted by molar-refractivity contribution is 0.145. The summed E-state index contributed by atoms with van der Waals surface area (Å²) in [5.74, 6) is 1.89. The number of ether oxygens (including phenoxy) is 1. The van der Waals surface area contributed by atoms with Crippen LogP contribution in [0.15, 0.2) is 11.3 Å². The van der Waals surface area contributed by atoms with Gasteiger partial charge in [-0.05, 0) is 19.8 Å². The summed E-state index contributed by atoms with van der Waals surface area (Å²) in [4.78, 5) is 7.19. The highest BCUT2D eigenvalue weighted by atomic mass is 127. The van der Waals surface area contributed by atoms with Crippen LogP contribution < -0.4 is 10.6 Å². The summed E-state index contributed by atoms with van der Waals surface area (Å²) in [7, 11) is 1.76. The molecule has 0 aromatic carbocycles. The minimum absolute atomic E-state index is 0. The summed E-state index contributed by atoms with van der Waals surface area (Å²) in [6.07, 6.45) is 5.30. The van der Waals surface area contributed by atoms with Gasteiger partial charge in [0.2, 0.25) is 0 Å². The predicted molar refractivity (Wildman–Crippen MR) is 115 cm³/mol. The Morgan fingerprint density at radius 3 is 2.81 bits per heavy atom. The highest BCUT2D eigenvalue weighted by Crippen LogP contribution is 2.26. The Bertz CT molecular complexity index is 519. The average molecular weight is 479 g/mol. The van der Waals surface area contributed by atoms with Crippen LogP contribution in [-0.2, 0) is 17.7 Å². The van der Waals surface area contributed by atoms with Crippen molar-refractivity contribution >= 4 is 29.9 Å². The quantitative estimate of drug-likeness (QED) is 0.266. The molecule has 0 radical (unpaired) electrons. The molecule has 0 amide bonds. The number of aliphatic imine (C=N–C) groups is 1. The van der Waals surface area contributed by atoms with Crippen molar-refractivity contribution in [3.05, 3.63) is 12.2 Å². The van der Waals surface area contributed by atoms with Gasteiger partial charge in [-0.1, -0.05) is 6.92 Å². The minimum atomic E-state index is 0. The Kier molecular flexibility index (Phi) is 11.8. The molecule has 1 heterocycles. The Morgan fingerprint density at radius 2 is 2.15 bits per heavy atom. The summed E-state index contributed by atoms with van der Waals surface area (Å²) in [6, 6.07) is 0.738. The molecule has 1 aromatic heterocycles. The zero-order valence-corrected chi connectivity index (χ0v) is 18.6. The van der Waals surface area contributed by atoms with E-state index in [0.29, 0.717) is 0 Å². The SMILES string of the molecule is CCNC(=NCCN(CCOC)C1CC1)NCCn1cnnc1CC.I. The molecule has 0 unspecified atom stereocenters. The number of hydrogen-bond donors (Lipinski definition) is 2. The maximum absolute atomic E-state index is 5.21. The molecule has 1 saturated carbocycles. The van der Waals surface area contributed by atoms with Gasteiger partial charge >= 0.3 is 0 Å². The Labute approximate surface area is 174 Å². The van der Waals surface area contributed by atoms with E-state index < -0.39 is 0 Å². The molecule has 0 spiro atoms. The first-order valence-corrected chi connectivity index (χ1v) is 9.40. The highest BCUT2D eigenvalue weighted by Gasteiger charge is 2.28. The van der Waals surface area contributed by atoms with Crippen LogP contribution in [0.2, 0.25) is 0 Å². The molecule has 150 valence electrons. The van der Waals surface area contributed by atoms with E-state index in [9.17, 15) is 0 Å². The van der Waals surface area contributed by atoms with Crippen molar-refractivity contribution in [1.29, 1.82) is 0 Å². The van der Waals surface area contributed by atoms with Crippen LogP contribution in [-0.4, -0.2) is 78.1 Å². The van der Waals surface area contributed by atoms with Gasteiger partial charge in [0.15, 0.2) is 5.96 Å². The maximum Gasteiger partial charge on any atom is 0.191 e. The number of halogens is 1. The zero-order chi connectivity index (χ0) is 17.9. The molecule has 0 saturated heterocycles. The minimum Gasteiger partial charge on any atom is -0.383 e. The van der Waals surface area contributed by atoms with Gasteiger partial charge in [-0.2, -0.15) is 0 Å². The molecule has 1 aromatic rings. The first kappa shape index (κ1) is 23.1. The van der Waals surface area contributed by atoms with Gasteiger partial charge in [-0.25, -0.2) is 0 Å². The van der Waals surface area contributed by atoms with Gasteiger partial charge in [0.05, 0.1) is 13.2 Å². The smallest absolute Gasteiger partial charge is 0.191 e. The van der Waals surface area contributed by atoms with E-state index >= 15 is 0 Å². The topological polar surface area (TPSA) is 79.6 Å². The Morgan fingerprint density at radius 1 is 1.35 bits per heavy atom. The lowest BCUT2D eigenvalue weighted by Crippen LogP contribution is -2.40. The highest BCUT2D eigenvalue weighted by molar-refractivity contribution is 14.0. The molecule has 2 rings (SSSR count). The fourth-order valence-corrected chi connectivity index (χ4v) is 2.79. The second kappa shape index (κ2) is 13.3. The van der Waals surface area contributed by atoms with Gasteiger partial charge in [0.25, 0.3) is 0 Å². The van der Waals surface area contributed by atoms with Gasteiger partial charge < -0.3 is 19.9 Å². The van der Waals surface area contributed by atoms with Crippen LogP contribution in [0.25, 0.3) is 0 Å². The van der Waals surface area contributed by atoms with Gasteiger partial charge in [0.1, 0.15) is 12.2 Å². The number of hydrogen-bond acceptors (Lipinski definition) is 5. The van der Waals surface area contributed by atoms with Crippen LogP contribution >= 0.6 is 24.0 Å². The Balaban J connectivity index is 0.00000338. The number of rotatable bonds is 12. The number of aromatic nitrogens is 3. The maximum atomic E-state index is 5.21. The number of aryl methyl sites for hydroxylation is 1. The monoisotopic (exact) mass is 479 g/mol. The molecule has 1 aliphatic rings. The standard InChI is InChI=1S/C17H33N7O.HI/c1-4-16-22-21-14-24(16)11-9-20-17(18-5-2)19-8-10-23(12-13-25-3)15-6-7-15;/h14-15H,4-13H2,1-3H3,(H2,18,19,20);1H. The molecule has 0 atom stereocenters. The van der Waals surface area contributed by atoms with Crippen molar-refractivity contribution in [2.75, 3.05) is 46.4 Å². The second-order valence-corrected chi connectivity index (χ2v) is 6.24. The van der Waals surface area contributed by atoms with Gasteiger partial charge in [-0.3, -0.25) is 9.89 Å². The van der Waals surface area contributed by atoms with E-state index in [2.05, 4.69) is 44.1 Å². The van der Waals surface area contributed by atoms with Crippen molar-refractivity contribution in [3.8, 4) is 0 Å². The molecule has 9 heteroatoms.